The average molecular weight is 170 g/mol. The van der Waals surface area contributed by atoms with Gasteiger partial charge in [-0.05, 0) is 19.3 Å². The van der Waals surface area contributed by atoms with Gasteiger partial charge in [-0.25, -0.2) is 0 Å². The molecule has 0 aliphatic carbocycles. The topological polar surface area (TPSA) is 9.23 Å². The van der Waals surface area contributed by atoms with Crippen LogP contribution in [0.15, 0.2) is 12.7 Å². The monoisotopic (exact) mass is 170 g/mol. The van der Waals surface area contributed by atoms with E-state index in [1.54, 1.807) is 6.08 Å². The third kappa shape index (κ3) is 7.80. The molecule has 1 unspecified atom stereocenters. The molecule has 0 fully saturated rings. The van der Waals surface area contributed by atoms with Gasteiger partial charge in [0, 0.05) is 0 Å². The summed E-state index contributed by atoms with van der Waals surface area (Å²) in [5.74, 6) is 0.816. The van der Waals surface area contributed by atoms with Crippen molar-refractivity contribution in [2.75, 3.05) is 6.61 Å². The van der Waals surface area contributed by atoms with Crippen LogP contribution in [0, 0.1) is 5.92 Å². The average Bonchev–Trinajstić information content (AvgIpc) is 2.00. The maximum atomic E-state index is 5.45. The van der Waals surface area contributed by atoms with Crippen molar-refractivity contribution >= 4 is 0 Å². The van der Waals surface area contributed by atoms with E-state index in [0.717, 1.165) is 5.92 Å². The molecule has 0 N–H and O–H groups in total. The van der Waals surface area contributed by atoms with Crippen LogP contribution in [0.25, 0.3) is 0 Å². The van der Waals surface area contributed by atoms with Crippen LogP contribution in [-0.4, -0.2) is 12.7 Å². The SMILES string of the molecule is C=CCOC(C)CCCC(C)C. The number of rotatable bonds is 7. The van der Waals surface area contributed by atoms with Crippen LogP contribution >= 0.6 is 0 Å². The van der Waals surface area contributed by atoms with Gasteiger partial charge < -0.3 is 4.74 Å². The largest absolute Gasteiger partial charge is 0.374 e. The third-order valence-corrected chi connectivity index (χ3v) is 1.89. The molecule has 0 amide bonds. The molecule has 0 bridgehead atoms. The van der Waals surface area contributed by atoms with Crippen LogP contribution in [0.1, 0.15) is 40.0 Å². The lowest BCUT2D eigenvalue weighted by Gasteiger charge is -2.11. The summed E-state index contributed by atoms with van der Waals surface area (Å²) in [4.78, 5) is 0. The molecule has 1 heteroatoms. The minimum Gasteiger partial charge on any atom is -0.374 e. The Hall–Kier alpha value is -0.300. The van der Waals surface area contributed by atoms with Crippen LogP contribution in [0.3, 0.4) is 0 Å². The fraction of sp³-hybridized carbons (Fsp3) is 0.818. The smallest absolute Gasteiger partial charge is 0.0648 e. The summed E-state index contributed by atoms with van der Waals surface area (Å²) >= 11 is 0. The lowest BCUT2D eigenvalue weighted by Crippen LogP contribution is -2.08. The lowest BCUT2D eigenvalue weighted by atomic mass is 10.0. The Kier molecular flexibility index (Phi) is 7.17. The summed E-state index contributed by atoms with van der Waals surface area (Å²) in [5.41, 5.74) is 0. The van der Waals surface area contributed by atoms with Crippen molar-refractivity contribution in [2.24, 2.45) is 5.92 Å². The molecular weight excluding hydrogens is 148 g/mol. The van der Waals surface area contributed by atoms with E-state index in [2.05, 4.69) is 27.4 Å². The van der Waals surface area contributed by atoms with Crippen LogP contribution in [0.4, 0.5) is 0 Å². The van der Waals surface area contributed by atoms with Gasteiger partial charge in [-0.2, -0.15) is 0 Å². The highest BCUT2D eigenvalue weighted by Crippen LogP contribution is 2.09. The van der Waals surface area contributed by atoms with E-state index >= 15 is 0 Å². The Bertz CT molecular complexity index is 108. The first-order chi connectivity index (χ1) is 5.66. The molecule has 0 radical (unpaired) electrons. The summed E-state index contributed by atoms with van der Waals surface area (Å²) in [5, 5.41) is 0. The highest BCUT2D eigenvalue weighted by atomic mass is 16.5. The minimum atomic E-state index is 0.391. The molecular formula is C11H22O. The molecule has 0 heterocycles. The number of ether oxygens (including phenoxy) is 1. The Labute approximate surface area is 76.8 Å². The molecule has 0 spiro atoms. The first-order valence-electron chi connectivity index (χ1n) is 4.89. The molecule has 1 atom stereocenters. The van der Waals surface area contributed by atoms with Gasteiger partial charge in [-0.1, -0.05) is 32.8 Å². The second-order valence-corrected chi connectivity index (χ2v) is 3.76. The lowest BCUT2D eigenvalue weighted by molar-refractivity contribution is 0.0793. The molecule has 0 rings (SSSR count). The van der Waals surface area contributed by atoms with Gasteiger partial charge in [-0.15, -0.1) is 6.58 Å². The molecule has 0 aromatic rings. The van der Waals surface area contributed by atoms with E-state index in [-0.39, 0.29) is 0 Å². The predicted octanol–water partition coefficient (Wildman–Crippen LogP) is 3.40. The van der Waals surface area contributed by atoms with Gasteiger partial charge in [0.25, 0.3) is 0 Å². The van der Waals surface area contributed by atoms with Crippen LogP contribution < -0.4 is 0 Å². The molecule has 0 saturated carbocycles. The summed E-state index contributed by atoms with van der Waals surface area (Å²) in [6.07, 6.45) is 5.95. The first-order valence-corrected chi connectivity index (χ1v) is 4.89. The minimum absolute atomic E-state index is 0.391. The van der Waals surface area contributed by atoms with Crippen LogP contribution in [0.2, 0.25) is 0 Å². The molecule has 12 heavy (non-hydrogen) atoms. The van der Waals surface area contributed by atoms with Gasteiger partial charge in [0.05, 0.1) is 12.7 Å². The zero-order valence-electron chi connectivity index (χ0n) is 8.68. The fourth-order valence-corrected chi connectivity index (χ4v) is 1.13. The summed E-state index contributed by atoms with van der Waals surface area (Å²) in [6, 6.07) is 0. The summed E-state index contributed by atoms with van der Waals surface area (Å²) in [6.45, 7) is 10.9. The number of hydrogen-bond donors (Lipinski definition) is 0. The standard InChI is InChI=1S/C11H22O/c1-5-9-12-11(4)8-6-7-10(2)3/h5,10-11H,1,6-9H2,2-4H3. The summed E-state index contributed by atoms with van der Waals surface area (Å²) in [7, 11) is 0. The zero-order valence-corrected chi connectivity index (χ0v) is 8.68. The summed E-state index contributed by atoms with van der Waals surface area (Å²) < 4.78 is 5.45. The molecule has 0 aromatic heterocycles. The van der Waals surface area contributed by atoms with Crippen LogP contribution in [-0.2, 0) is 4.74 Å². The quantitative estimate of drug-likeness (QED) is 0.532. The number of hydrogen-bond acceptors (Lipinski definition) is 1. The van der Waals surface area contributed by atoms with Crippen molar-refractivity contribution in [1.82, 2.24) is 0 Å². The second kappa shape index (κ2) is 7.35. The zero-order chi connectivity index (χ0) is 9.40. The third-order valence-electron chi connectivity index (χ3n) is 1.89. The van der Waals surface area contributed by atoms with E-state index in [9.17, 15) is 0 Å². The van der Waals surface area contributed by atoms with E-state index in [1.807, 2.05) is 0 Å². The Morgan fingerprint density at radius 3 is 2.42 bits per heavy atom. The van der Waals surface area contributed by atoms with E-state index in [1.165, 1.54) is 19.3 Å². The van der Waals surface area contributed by atoms with Gasteiger partial charge in [0.2, 0.25) is 0 Å². The van der Waals surface area contributed by atoms with Gasteiger partial charge in [-0.3, -0.25) is 0 Å². The highest BCUT2D eigenvalue weighted by molar-refractivity contribution is 4.65. The Morgan fingerprint density at radius 1 is 1.25 bits per heavy atom. The second-order valence-electron chi connectivity index (χ2n) is 3.76. The molecule has 0 saturated heterocycles. The van der Waals surface area contributed by atoms with E-state index in [0.29, 0.717) is 12.7 Å². The molecule has 1 nitrogen and oxygen atoms in total. The maximum absolute atomic E-state index is 5.45. The van der Waals surface area contributed by atoms with Gasteiger partial charge >= 0.3 is 0 Å². The van der Waals surface area contributed by atoms with Crippen molar-refractivity contribution in [2.45, 2.75) is 46.1 Å². The van der Waals surface area contributed by atoms with Crippen molar-refractivity contribution in [1.29, 1.82) is 0 Å². The predicted molar refractivity (Wildman–Crippen MR) is 54.3 cm³/mol. The van der Waals surface area contributed by atoms with Crippen molar-refractivity contribution < 1.29 is 4.74 Å². The molecule has 72 valence electrons. The van der Waals surface area contributed by atoms with Gasteiger partial charge in [0.15, 0.2) is 0 Å². The van der Waals surface area contributed by atoms with E-state index in [4.69, 9.17) is 4.74 Å². The van der Waals surface area contributed by atoms with E-state index < -0.39 is 0 Å². The Morgan fingerprint density at radius 2 is 1.92 bits per heavy atom. The highest BCUT2D eigenvalue weighted by Gasteiger charge is 2.01. The van der Waals surface area contributed by atoms with Crippen LogP contribution in [0.5, 0.6) is 0 Å². The molecule has 0 aromatic carbocycles. The molecule has 0 aliphatic rings. The Balaban J connectivity index is 3.18. The normalized spacial score (nSPS) is 13.3. The van der Waals surface area contributed by atoms with Gasteiger partial charge in [0.1, 0.15) is 0 Å². The maximum Gasteiger partial charge on any atom is 0.0648 e. The van der Waals surface area contributed by atoms with Crippen molar-refractivity contribution in [3.05, 3.63) is 12.7 Å². The van der Waals surface area contributed by atoms with Crippen molar-refractivity contribution in [3.8, 4) is 0 Å². The van der Waals surface area contributed by atoms with Crippen molar-refractivity contribution in [3.63, 3.8) is 0 Å². The fourth-order valence-electron chi connectivity index (χ4n) is 1.13. The first kappa shape index (κ1) is 11.7. The molecule has 0 aliphatic heterocycles.